The van der Waals surface area contributed by atoms with Crippen molar-refractivity contribution in [1.29, 1.82) is 0 Å². The molecule has 0 aliphatic carbocycles. The number of morpholine rings is 1. The first-order valence-electron chi connectivity index (χ1n) is 7.22. The molecule has 0 spiro atoms. The third kappa shape index (κ3) is 2.86. The molecule has 1 heterocycles. The Morgan fingerprint density at radius 3 is 2.09 bits per heavy atom. The van der Waals surface area contributed by atoms with Crippen molar-refractivity contribution in [3.8, 4) is 17.2 Å². The molecule has 124 valence electrons. The zero-order valence-electron chi connectivity index (χ0n) is 14.0. The monoisotopic (exact) mass is 311 g/mol. The lowest BCUT2D eigenvalue weighted by atomic mass is 9.92. The van der Waals surface area contributed by atoms with E-state index in [9.17, 15) is 5.11 Å². The lowest BCUT2D eigenvalue weighted by molar-refractivity contribution is -0.263. The van der Waals surface area contributed by atoms with Gasteiger partial charge in [0.05, 0.1) is 34.0 Å². The van der Waals surface area contributed by atoms with Gasteiger partial charge in [-0.1, -0.05) is 0 Å². The van der Waals surface area contributed by atoms with Crippen LogP contribution in [0.3, 0.4) is 0 Å². The van der Waals surface area contributed by atoms with Crippen LogP contribution in [0.5, 0.6) is 17.2 Å². The van der Waals surface area contributed by atoms with Crippen LogP contribution in [0.4, 0.5) is 0 Å². The van der Waals surface area contributed by atoms with E-state index in [2.05, 4.69) is 5.32 Å². The Bertz CT molecular complexity index is 520. The summed E-state index contributed by atoms with van der Waals surface area (Å²) in [4.78, 5) is 0. The van der Waals surface area contributed by atoms with Crippen molar-refractivity contribution < 1.29 is 24.1 Å². The van der Waals surface area contributed by atoms with Gasteiger partial charge in [0, 0.05) is 11.1 Å². The fourth-order valence-corrected chi connectivity index (χ4v) is 2.76. The fourth-order valence-electron chi connectivity index (χ4n) is 2.76. The molecular formula is C16H25NO5. The van der Waals surface area contributed by atoms with Crippen LogP contribution >= 0.6 is 0 Å². The number of benzene rings is 1. The first kappa shape index (κ1) is 16.9. The number of aliphatic hydroxyl groups is 1. The fraction of sp³-hybridized carbons (Fsp3) is 0.625. The molecule has 22 heavy (non-hydrogen) atoms. The predicted molar refractivity (Wildman–Crippen MR) is 82.6 cm³/mol. The second-order valence-electron chi connectivity index (χ2n) is 6.15. The van der Waals surface area contributed by atoms with Crippen LogP contribution < -0.4 is 19.5 Å². The van der Waals surface area contributed by atoms with Gasteiger partial charge in [-0.25, -0.2) is 0 Å². The van der Waals surface area contributed by atoms with Gasteiger partial charge in [0.2, 0.25) is 11.5 Å². The highest BCUT2D eigenvalue weighted by Gasteiger charge is 2.45. The molecule has 0 radical (unpaired) electrons. The summed E-state index contributed by atoms with van der Waals surface area (Å²) in [6.45, 7) is 6.31. The smallest absolute Gasteiger partial charge is 0.208 e. The summed E-state index contributed by atoms with van der Waals surface area (Å²) in [5.74, 6) is -0.0339. The van der Waals surface area contributed by atoms with E-state index in [1.807, 2.05) is 20.8 Å². The minimum absolute atomic E-state index is 0.202. The first-order valence-corrected chi connectivity index (χ1v) is 7.22. The van der Waals surface area contributed by atoms with Crippen LogP contribution in [0.2, 0.25) is 0 Å². The van der Waals surface area contributed by atoms with Gasteiger partial charge >= 0.3 is 0 Å². The van der Waals surface area contributed by atoms with E-state index in [0.717, 1.165) is 0 Å². The van der Waals surface area contributed by atoms with E-state index in [1.165, 1.54) is 14.2 Å². The van der Waals surface area contributed by atoms with Crippen molar-refractivity contribution in [1.82, 2.24) is 5.32 Å². The summed E-state index contributed by atoms with van der Waals surface area (Å²) >= 11 is 0. The minimum Gasteiger partial charge on any atom is -0.493 e. The lowest BCUT2D eigenvalue weighted by Crippen LogP contribution is -2.63. The Morgan fingerprint density at radius 1 is 1.14 bits per heavy atom. The van der Waals surface area contributed by atoms with Gasteiger partial charge in [0.15, 0.2) is 11.5 Å². The molecular weight excluding hydrogens is 286 g/mol. The van der Waals surface area contributed by atoms with E-state index in [-0.39, 0.29) is 11.6 Å². The zero-order chi connectivity index (χ0) is 16.5. The summed E-state index contributed by atoms with van der Waals surface area (Å²) in [6, 6.07) is 3.11. The third-order valence-electron chi connectivity index (χ3n) is 3.93. The van der Waals surface area contributed by atoms with Gasteiger partial charge in [-0.05, 0) is 32.9 Å². The zero-order valence-corrected chi connectivity index (χ0v) is 14.0. The van der Waals surface area contributed by atoms with Crippen molar-refractivity contribution in [2.45, 2.75) is 38.1 Å². The third-order valence-corrected chi connectivity index (χ3v) is 3.93. The highest BCUT2D eigenvalue weighted by atomic mass is 16.6. The van der Waals surface area contributed by atoms with Gasteiger partial charge in [-0.3, -0.25) is 0 Å². The predicted octanol–water partition coefficient (Wildman–Crippen LogP) is 1.64. The Labute approximate surface area is 131 Å². The highest BCUT2D eigenvalue weighted by molar-refractivity contribution is 5.55. The SMILES string of the molecule is COc1cc(C2(O)OCC(C)(C)NC2C)cc(OC)c1OC. The molecule has 6 nitrogen and oxygen atoms in total. The molecule has 0 amide bonds. The summed E-state index contributed by atoms with van der Waals surface area (Å²) in [5, 5.41) is 14.4. The second kappa shape index (κ2) is 5.95. The largest absolute Gasteiger partial charge is 0.493 e. The van der Waals surface area contributed by atoms with Crippen LogP contribution in [-0.2, 0) is 10.5 Å². The maximum Gasteiger partial charge on any atom is 0.208 e. The number of nitrogens with one attached hydrogen (secondary N) is 1. The number of hydrogen-bond donors (Lipinski definition) is 2. The minimum atomic E-state index is -1.47. The molecule has 2 atom stereocenters. The molecule has 1 aromatic rings. The van der Waals surface area contributed by atoms with Crippen LogP contribution in [0.15, 0.2) is 12.1 Å². The molecule has 0 aromatic heterocycles. The van der Waals surface area contributed by atoms with Crippen molar-refractivity contribution in [3.05, 3.63) is 17.7 Å². The lowest BCUT2D eigenvalue weighted by Gasteiger charge is -2.46. The Morgan fingerprint density at radius 2 is 1.68 bits per heavy atom. The molecule has 2 rings (SSSR count). The molecule has 0 saturated carbocycles. The van der Waals surface area contributed by atoms with Crippen molar-refractivity contribution in [2.24, 2.45) is 0 Å². The molecule has 2 unspecified atom stereocenters. The van der Waals surface area contributed by atoms with Crippen LogP contribution in [0.25, 0.3) is 0 Å². The molecule has 0 bridgehead atoms. The number of hydrogen-bond acceptors (Lipinski definition) is 6. The summed E-state index contributed by atoms with van der Waals surface area (Å²) in [5.41, 5.74) is 0.351. The second-order valence-corrected chi connectivity index (χ2v) is 6.15. The molecule has 2 N–H and O–H groups in total. The van der Waals surface area contributed by atoms with Crippen molar-refractivity contribution >= 4 is 0 Å². The average Bonchev–Trinajstić information content (AvgIpc) is 2.49. The van der Waals surface area contributed by atoms with Crippen molar-refractivity contribution in [2.75, 3.05) is 27.9 Å². The van der Waals surface area contributed by atoms with Gasteiger partial charge in [0.25, 0.3) is 0 Å². The van der Waals surface area contributed by atoms with E-state index >= 15 is 0 Å². The number of ether oxygens (including phenoxy) is 4. The van der Waals surface area contributed by atoms with Gasteiger partial charge < -0.3 is 29.4 Å². The normalized spacial score (nSPS) is 27.3. The molecule has 1 aromatic carbocycles. The molecule has 6 heteroatoms. The molecule has 1 saturated heterocycles. The van der Waals surface area contributed by atoms with Gasteiger partial charge in [0.1, 0.15) is 0 Å². The van der Waals surface area contributed by atoms with E-state index in [0.29, 0.717) is 29.4 Å². The van der Waals surface area contributed by atoms with E-state index in [4.69, 9.17) is 18.9 Å². The number of methoxy groups -OCH3 is 3. The van der Waals surface area contributed by atoms with Crippen LogP contribution in [-0.4, -0.2) is 44.6 Å². The number of rotatable bonds is 4. The summed E-state index contributed by atoms with van der Waals surface area (Å²) < 4.78 is 21.8. The molecule has 1 fully saturated rings. The maximum atomic E-state index is 11.0. The summed E-state index contributed by atoms with van der Waals surface area (Å²) in [7, 11) is 4.62. The van der Waals surface area contributed by atoms with Gasteiger partial charge in [-0.2, -0.15) is 0 Å². The maximum absolute atomic E-state index is 11.0. The molecule has 1 aliphatic heterocycles. The first-order chi connectivity index (χ1) is 10.3. The van der Waals surface area contributed by atoms with Crippen molar-refractivity contribution in [3.63, 3.8) is 0 Å². The topological polar surface area (TPSA) is 69.2 Å². The summed E-state index contributed by atoms with van der Waals surface area (Å²) in [6.07, 6.45) is 0. The quantitative estimate of drug-likeness (QED) is 0.881. The highest BCUT2D eigenvalue weighted by Crippen LogP contribution is 2.43. The van der Waals surface area contributed by atoms with E-state index in [1.54, 1.807) is 19.2 Å². The Hall–Kier alpha value is -1.50. The average molecular weight is 311 g/mol. The van der Waals surface area contributed by atoms with E-state index < -0.39 is 5.79 Å². The Balaban J connectivity index is 2.48. The van der Waals surface area contributed by atoms with Crippen LogP contribution in [0.1, 0.15) is 26.3 Å². The standard InChI is InChI=1S/C16H25NO5/c1-10-16(18,22-9-15(2,3)17-10)11-7-12(19-4)14(21-6)13(8-11)20-5/h7-8,10,17-18H,9H2,1-6H3. The van der Waals surface area contributed by atoms with Gasteiger partial charge in [-0.15, -0.1) is 0 Å². The Kier molecular flexibility index (Phi) is 4.56. The molecule has 1 aliphatic rings. The van der Waals surface area contributed by atoms with Crippen LogP contribution in [0, 0.1) is 0 Å².